The summed E-state index contributed by atoms with van der Waals surface area (Å²) >= 11 is 1.16. The lowest BCUT2D eigenvalue weighted by Crippen LogP contribution is -2.41. The molecule has 0 fully saturated rings. The number of carbonyl (C=O) groups excluding carboxylic acids is 3. The van der Waals surface area contributed by atoms with Crippen molar-refractivity contribution in [2.45, 2.75) is 25.8 Å². The van der Waals surface area contributed by atoms with E-state index in [0.29, 0.717) is 38.6 Å². The van der Waals surface area contributed by atoms with Crippen LogP contribution in [0.25, 0.3) is 21.3 Å². The highest BCUT2D eigenvalue weighted by atomic mass is 32.1. The molecular weight excluding hydrogens is 624 g/mol. The summed E-state index contributed by atoms with van der Waals surface area (Å²) in [5.74, 6) is -1.18. The van der Waals surface area contributed by atoms with Crippen LogP contribution < -0.4 is 15.5 Å². The highest BCUT2D eigenvalue weighted by Crippen LogP contribution is 2.29. The minimum Gasteiger partial charge on any atom is -0.334 e. The first-order chi connectivity index (χ1) is 23.2. The number of nitrogens with one attached hydrogen (secondary N) is 2. The average molecular weight is 657 g/mol. The summed E-state index contributed by atoms with van der Waals surface area (Å²) in [4.78, 5) is 46.6. The van der Waals surface area contributed by atoms with Gasteiger partial charge in [0, 0.05) is 24.0 Å². The summed E-state index contributed by atoms with van der Waals surface area (Å²) in [6.07, 6.45) is 0. The van der Waals surface area contributed by atoms with E-state index < -0.39 is 23.7 Å². The van der Waals surface area contributed by atoms with Crippen molar-refractivity contribution in [1.29, 1.82) is 0 Å². The summed E-state index contributed by atoms with van der Waals surface area (Å²) in [7, 11) is 1.58. The van der Waals surface area contributed by atoms with E-state index in [-0.39, 0.29) is 10.9 Å². The molecule has 5 aromatic carbocycles. The maximum Gasteiger partial charge on any atom is 0.281 e. The Morgan fingerprint density at radius 3 is 2.17 bits per heavy atom. The molecule has 2 N–H and O–H groups in total. The van der Waals surface area contributed by atoms with Gasteiger partial charge in [-0.25, -0.2) is 9.37 Å². The Bertz CT molecular complexity index is 2090. The number of hydrogen-bond donors (Lipinski definition) is 2. The van der Waals surface area contributed by atoms with Crippen molar-refractivity contribution in [2.24, 2.45) is 0 Å². The van der Waals surface area contributed by atoms with Crippen LogP contribution in [0.2, 0.25) is 0 Å². The number of hydrogen-bond acceptors (Lipinski definition) is 5. The van der Waals surface area contributed by atoms with Crippen LogP contribution in [0.1, 0.15) is 57.1 Å². The van der Waals surface area contributed by atoms with Crippen LogP contribution >= 0.6 is 11.3 Å². The Balaban J connectivity index is 1.21. The third-order valence-electron chi connectivity index (χ3n) is 8.10. The number of anilines is 2. The first-order valence-electron chi connectivity index (χ1n) is 15.5. The fourth-order valence-corrected chi connectivity index (χ4v) is 6.30. The number of fused-ring (bicyclic) bond motifs is 1. The summed E-state index contributed by atoms with van der Waals surface area (Å²) in [6.45, 7) is 4.29. The van der Waals surface area contributed by atoms with Gasteiger partial charge in [-0.15, -0.1) is 11.3 Å². The Kier molecular flexibility index (Phi) is 9.40. The minimum absolute atomic E-state index is 0.168. The molecular formula is C39H33FN4O3S. The van der Waals surface area contributed by atoms with Gasteiger partial charge < -0.3 is 15.5 Å². The fraction of sp³-hybridized carbons (Fsp3) is 0.128. The topological polar surface area (TPSA) is 91.4 Å². The zero-order valence-electron chi connectivity index (χ0n) is 26.6. The lowest BCUT2D eigenvalue weighted by atomic mass is 9.95. The van der Waals surface area contributed by atoms with E-state index in [2.05, 4.69) is 41.6 Å². The summed E-state index contributed by atoms with van der Waals surface area (Å²) < 4.78 is 14.2. The first-order valence-corrected chi connectivity index (χ1v) is 16.3. The van der Waals surface area contributed by atoms with Crippen LogP contribution in [0.3, 0.4) is 0 Å². The van der Waals surface area contributed by atoms with E-state index in [0.717, 1.165) is 22.5 Å². The Labute approximate surface area is 282 Å². The van der Waals surface area contributed by atoms with E-state index in [4.69, 9.17) is 0 Å². The van der Waals surface area contributed by atoms with Gasteiger partial charge in [-0.05, 0) is 76.7 Å². The standard InChI is InChI=1S/C39H33FN4O3S/c1-24(2)25-13-15-26(16-14-25)31-11-7-8-12-32(31)36(45)41-29-19-22-33-34(23-29)48-38(42-33)37(46)43-35(27-9-5-4-6-10-27)39(47)44(3)30-20-17-28(40)18-21-30/h4-24,35H,1-3H3,(H,41,45)(H,43,46)/t35-/m0/s1. The van der Waals surface area contributed by atoms with Crippen molar-refractivity contribution in [3.05, 3.63) is 149 Å². The van der Waals surface area contributed by atoms with Crippen molar-refractivity contribution < 1.29 is 18.8 Å². The average Bonchev–Trinajstić information content (AvgIpc) is 3.54. The number of rotatable bonds is 9. The number of likely N-dealkylation sites (N-methyl/N-ethyl adjacent to an activating group) is 1. The lowest BCUT2D eigenvalue weighted by molar-refractivity contribution is -0.120. The van der Waals surface area contributed by atoms with Gasteiger partial charge in [-0.1, -0.05) is 86.6 Å². The van der Waals surface area contributed by atoms with Gasteiger partial charge in [0.05, 0.1) is 10.2 Å². The number of benzene rings is 5. The van der Waals surface area contributed by atoms with Crippen molar-refractivity contribution >= 4 is 50.6 Å². The lowest BCUT2D eigenvalue weighted by Gasteiger charge is -2.25. The molecule has 1 atom stereocenters. The molecule has 0 unspecified atom stereocenters. The van der Waals surface area contributed by atoms with Crippen molar-refractivity contribution in [2.75, 3.05) is 17.3 Å². The number of thiazole rings is 1. The molecule has 3 amide bonds. The van der Waals surface area contributed by atoms with E-state index in [9.17, 15) is 18.8 Å². The second kappa shape index (κ2) is 14.0. The number of nitrogens with zero attached hydrogens (tertiary/aromatic N) is 2. The van der Waals surface area contributed by atoms with Crippen LogP contribution in [-0.2, 0) is 4.79 Å². The van der Waals surface area contributed by atoms with Crippen LogP contribution in [0.15, 0.2) is 121 Å². The summed E-state index contributed by atoms with van der Waals surface area (Å²) in [5, 5.41) is 6.01. The molecule has 0 spiro atoms. The van der Waals surface area contributed by atoms with Gasteiger partial charge in [0.15, 0.2) is 5.01 Å². The van der Waals surface area contributed by atoms with E-state index in [1.165, 1.54) is 34.7 Å². The molecule has 6 aromatic rings. The second-order valence-corrected chi connectivity index (χ2v) is 12.7. The van der Waals surface area contributed by atoms with Crippen LogP contribution in [0.5, 0.6) is 0 Å². The van der Waals surface area contributed by atoms with Gasteiger partial charge in [0.2, 0.25) is 0 Å². The molecule has 9 heteroatoms. The number of halogens is 1. The third-order valence-corrected chi connectivity index (χ3v) is 9.12. The third kappa shape index (κ3) is 7.01. The highest BCUT2D eigenvalue weighted by Gasteiger charge is 2.28. The molecule has 240 valence electrons. The molecule has 0 aliphatic carbocycles. The van der Waals surface area contributed by atoms with Crippen LogP contribution in [0, 0.1) is 5.82 Å². The molecule has 7 nitrogen and oxygen atoms in total. The fourth-order valence-electron chi connectivity index (χ4n) is 5.39. The second-order valence-electron chi connectivity index (χ2n) is 11.7. The minimum atomic E-state index is -1.02. The van der Waals surface area contributed by atoms with E-state index >= 15 is 0 Å². The number of aromatic nitrogens is 1. The van der Waals surface area contributed by atoms with Gasteiger partial charge in [0.1, 0.15) is 11.9 Å². The van der Waals surface area contributed by atoms with Crippen molar-refractivity contribution in [1.82, 2.24) is 10.3 Å². The highest BCUT2D eigenvalue weighted by molar-refractivity contribution is 7.20. The van der Waals surface area contributed by atoms with E-state index in [1.807, 2.05) is 36.4 Å². The van der Waals surface area contributed by atoms with Gasteiger partial charge >= 0.3 is 0 Å². The Morgan fingerprint density at radius 1 is 0.771 bits per heavy atom. The molecule has 1 heterocycles. The maximum absolute atomic E-state index is 13.6. The zero-order chi connectivity index (χ0) is 33.8. The molecule has 1 aromatic heterocycles. The quantitative estimate of drug-likeness (QED) is 0.163. The molecule has 6 rings (SSSR count). The smallest absolute Gasteiger partial charge is 0.281 e. The monoisotopic (exact) mass is 656 g/mol. The van der Waals surface area contributed by atoms with Crippen LogP contribution in [0.4, 0.5) is 15.8 Å². The van der Waals surface area contributed by atoms with Gasteiger partial charge in [-0.3, -0.25) is 14.4 Å². The molecule has 0 radical (unpaired) electrons. The van der Waals surface area contributed by atoms with E-state index in [1.54, 1.807) is 55.6 Å². The number of carbonyl (C=O) groups is 3. The van der Waals surface area contributed by atoms with Crippen molar-refractivity contribution in [3.63, 3.8) is 0 Å². The predicted molar refractivity (Wildman–Crippen MR) is 190 cm³/mol. The predicted octanol–water partition coefficient (Wildman–Crippen LogP) is 8.61. The largest absolute Gasteiger partial charge is 0.334 e. The summed E-state index contributed by atoms with van der Waals surface area (Å²) in [6, 6.07) is 34.4. The number of amides is 3. The Morgan fingerprint density at radius 2 is 1.46 bits per heavy atom. The van der Waals surface area contributed by atoms with Crippen LogP contribution in [-0.4, -0.2) is 29.8 Å². The molecule has 0 bridgehead atoms. The SMILES string of the molecule is CC(C)c1ccc(-c2ccccc2C(=O)Nc2ccc3nc(C(=O)N[C@H](C(=O)N(C)c4ccc(F)cc4)c4ccccc4)sc3c2)cc1. The molecule has 0 aliphatic rings. The van der Waals surface area contributed by atoms with Gasteiger partial charge in [-0.2, -0.15) is 0 Å². The zero-order valence-corrected chi connectivity index (χ0v) is 27.4. The molecule has 0 saturated heterocycles. The Hall–Kier alpha value is -5.67. The maximum atomic E-state index is 13.6. The normalized spacial score (nSPS) is 11.7. The first kappa shape index (κ1) is 32.3. The molecule has 48 heavy (non-hydrogen) atoms. The molecule has 0 aliphatic heterocycles. The van der Waals surface area contributed by atoms with Crippen molar-refractivity contribution in [3.8, 4) is 11.1 Å². The van der Waals surface area contributed by atoms with Gasteiger partial charge in [0.25, 0.3) is 17.7 Å². The molecule has 0 saturated carbocycles. The summed E-state index contributed by atoms with van der Waals surface area (Å²) in [5.41, 5.74) is 5.77.